The number of carbonyl (C=O) groups is 1. The number of aromatic nitrogens is 1. The number of rotatable bonds is 3. The van der Waals surface area contributed by atoms with Crippen LogP contribution >= 0.6 is 0 Å². The van der Waals surface area contributed by atoms with E-state index in [1.807, 2.05) is 6.20 Å². The quantitative estimate of drug-likeness (QED) is 0.793. The Morgan fingerprint density at radius 1 is 1.24 bits per heavy atom. The van der Waals surface area contributed by atoms with Crippen LogP contribution < -0.4 is 4.90 Å². The zero-order valence-electron chi connectivity index (χ0n) is 13.4. The van der Waals surface area contributed by atoms with Crippen molar-refractivity contribution in [2.24, 2.45) is 0 Å². The highest BCUT2D eigenvalue weighted by Gasteiger charge is 2.21. The molecule has 1 aromatic heterocycles. The average Bonchev–Trinajstić information content (AvgIpc) is 2.47. The first-order chi connectivity index (χ1) is 9.90. The summed E-state index contributed by atoms with van der Waals surface area (Å²) >= 11 is 0. The van der Waals surface area contributed by atoms with Gasteiger partial charge >= 0.3 is 5.97 Å². The molecule has 5 heteroatoms. The molecule has 116 valence electrons. The number of pyridine rings is 1. The van der Waals surface area contributed by atoms with Gasteiger partial charge in [-0.15, -0.1) is 0 Å². The number of piperazine rings is 1. The summed E-state index contributed by atoms with van der Waals surface area (Å²) in [6, 6.07) is 4.25. The molecule has 0 unspecified atom stereocenters. The van der Waals surface area contributed by atoms with Gasteiger partial charge in [-0.05, 0) is 17.0 Å². The summed E-state index contributed by atoms with van der Waals surface area (Å²) in [5.41, 5.74) is 1.38. The van der Waals surface area contributed by atoms with Crippen LogP contribution in [-0.4, -0.2) is 55.7 Å². The number of methoxy groups -OCH3 is 1. The maximum atomic E-state index is 11.3. The van der Waals surface area contributed by atoms with Gasteiger partial charge in [0.2, 0.25) is 0 Å². The molecule has 2 rings (SSSR count). The maximum absolute atomic E-state index is 11.3. The number of anilines is 1. The number of nitrogens with zero attached hydrogens (tertiary/aromatic N) is 3. The smallest absolute Gasteiger partial charge is 0.319 e. The molecule has 1 aliphatic heterocycles. The van der Waals surface area contributed by atoms with E-state index >= 15 is 0 Å². The van der Waals surface area contributed by atoms with Crippen LogP contribution in [0.5, 0.6) is 0 Å². The van der Waals surface area contributed by atoms with E-state index in [1.54, 1.807) is 0 Å². The summed E-state index contributed by atoms with van der Waals surface area (Å²) in [6.45, 7) is 10.4. The summed E-state index contributed by atoms with van der Waals surface area (Å²) < 4.78 is 4.70. The fraction of sp³-hybridized carbons (Fsp3) is 0.625. The Kier molecular flexibility index (Phi) is 4.83. The molecule has 0 radical (unpaired) electrons. The van der Waals surface area contributed by atoms with Gasteiger partial charge in [0.25, 0.3) is 0 Å². The Morgan fingerprint density at radius 3 is 2.38 bits per heavy atom. The van der Waals surface area contributed by atoms with Crippen LogP contribution in [-0.2, 0) is 14.9 Å². The van der Waals surface area contributed by atoms with E-state index in [0.717, 1.165) is 32.0 Å². The molecule has 0 saturated carbocycles. The van der Waals surface area contributed by atoms with Crippen LogP contribution in [0.3, 0.4) is 0 Å². The molecular formula is C16H25N3O2. The van der Waals surface area contributed by atoms with Gasteiger partial charge in [0.15, 0.2) is 0 Å². The van der Waals surface area contributed by atoms with Crippen molar-refractivity contribution in [2.45, 2.75) is 26.2 Å². The largest absolute Gasteiger partial charge is 0.468 e. The zero-order valence-corrected chi connectivity index (χ0v) is 13.4. The molecule has 0 spiro atoms. The van der Waals surface area contributed by atoms with Crippen molar-refractivity contribution in [3.05, 3.63) is 23.9 Å². The molecular weight excluding hydrogens is 266 g/mol. The normalized spacial score (nSPS) is 16.9. The van der Waals surface area contributed by atoms with Crippen LogP contribution in [0.15, 0.2) is 18.3 Å². The van der Waals surface area contributed by atoms with E-state index in [4.69, 9.17) is 4.74 Å². The molecule has 1 fully saturated rings. The fourth-order valence-electron chi connectivity index (χ4n) is 2.40. The molecule has 0 bridgehead atoms. The lowest BCUT2D eigenvalue weighted by Crippen LogP contribution is -2.48. The average molecular weight is 291 g/mol. The zero-order chi connectivity index (χ0) is 15.5. The second kappa shape index (κ2) is 6.43. The van der Waals surface area contributed by atoms with E-state index in [-0.39, 0.29) is 11.4 Å². The third kappa shape index (κ3) is 4.17. The number of hydrogen-bond donors (Lipinski definition) is 0. The molecule has 1 aliphatic rings. The SMILES string of the molecule is COC(=O)CN1CCN(c2ccc(C(C)(C)C)cn2)CC1. The Morgan fingerprint density at radius 2 is 1.90 bits per heavy atom. The predicted molar refractivity (Wildman–Crippen MR) is 83.6 cm³/mol. The highest BCUT2D eigenvalue weighted by atomic mass is 16.5. The predicted octanol–water partition coefficient (Wildman–Crippen LogP) is 1.67. The number of esters is 1. The van der Waals surface area contributed by atoms with Crippen LogP contribution in [0.1, 0.15) is 26.3 Å². The molecule has 0 aromatic carbocycles. The topological polar surface area (TPSA) is 45.7 Å². The number of ether oxygens (including phenoxy) is 1. The fourth-order valence-corrected chi connectivity index (χ4v) is 2.40. The second-order valence-electron chi connectivity index (χ2n) is 6.49. The molecule has 2 heterocycles. The molecule has 5 nitrogen and oxygen atoms in total. The van der Waals surface area contributed by atoms with Crippen LogP contribution in [0.25, 0.3) is 0 Å². The minimum Gasteiger partial charge on any atom is -0.468 e. The maximum Gasteiger partial charge on any atom is 0.319 e. The Balaban J connectivity index is 1.92. The summed E-state index contributed by atoms with van der Waals surface area (Å²) in [7, 11) is 1.43. The summed E-state index contributed by atoms with van der Waals surface area (Å²) in [6.07, 6.45) is 1.97. The van der Waals surface area contributed by atoms with Gasteiger partial charge in [-0.2, -0.15) is 0 Å². The number of hydrogen-bond acceptors (Lipinski definition) is 5. The van der Waals surface area contributed by atoms with E-state index in [2.05, 4.69) is 47.7 Å². The third-order valence-corrected chi connectivity index (χ3v) is 3.89. The van der Waals surface area contributed by atoms with Crippen LogP contribution in [0, 0.1) is 0 Å². The van der Waals surface area contributed by atoms with E-state index in [9.17, 15) is 4.79 Å². The van der Waals surface area contributed by atoms with E-state index in [1.165, 1.54) is 12.7 Å². The molecule has 1 saturated heterocycles. The van der Waals surface area contributed by atoms with E-state index < -0.39 is 0 Å². The minimum absolute atomic E-state index is 0.130. The first-order valence-electron chi connectivity index (χ1n) is 7.41. The van der Waals surface area contributed by atoms with Crippen molar-refractivity contribution in [1.29, 1.82) is 0 Å². The lowest BCUT2D eigenvalue weighted by Gasteiger charge is -2.35. The first-order valence-corrected chi connectivity index (χ1v) is 7.41. The number of carbonyl (C=O) groups excluding carboxylic acids is 1. The summed E-state index contributed by atoms with van der Waals surface area (Å²) in [4.78, 5) is 20.2. The molecule has 1 aromatic rings. The van der Waals surface area contributed by atoms with Gasteiger partial charge in [0.05, 0.1) is 13.7 Å². The van der Waals surface area contributed by atoms with Gasteiger partial charge in [-0.25, -0.2) is 4.98 Å². The van der Waals surface area contributed by atoms with Crippen molar-refractivity contribution in [1.82, 2.24) is 9.88 Å². The van der Waals surface area contributed by atoms with Crippen molar-refractivity contribution >= 4 is 11.8 Å². The Hall–Kier alpha value is -1.62. The van der Waals surface area contributed by atoms with Gasteiger partial charge in [-0.1, -0.05) is 26.8 Å². The van der Waals surface area contributed by atoms with E-state index in [0.29, 0.717) is 6.54 Å². The van der Waals surface area contributed by atoms with Crippen molar-refractivity contribution in [2.75, 3.05) is 44.7 Å². The van der Waals surface area contributed by atoms with Gasteiger partial charge in [-0.3, -0.25) is 9.69 Å². The van der Waals surface area contributed by atoms with Gasteiger partial charge in [0.1, 0.15) is 5.82 Å². The Labute approximate surface area is 126 Å². The minimum atomic E-state index is -0.170. The highest BCUT2D eigenvalue weighted by Crippen LogP contribution is 2.23. The van der Waals surface area contributed by atoms with Crippen LogP contribution in [0.4, 0.5) is 5.82 Å². The summed E-state index contributed by atoms with van der Waals surface area (Å²) in [5.74, 6) is 0.844. The second-order valence-corrected chi connectivity index (χ2v) is 6.49. The monoisotopic (exact) mass is 291 g/mol. The third-order valence-electron chi connectivity index (χ3n) is 3.89. The van der Waals surface area contributed by atoms with Crippen molar-refractivity contribution < 1.29 is 9.53 Å². The summed E-state index contributed by atoms with van der Waals surface area (Å²) in [5, 5.41) is 0. The lowest BCUT2D eigenvalue weighted by molar-refractivity contribution is -0.142. The molecule has 0 atom stereocenters. The molecule has 0 N–H and O–H groups in total. The van der Waals surface area contributed by atoms with Crippen molar-refractivity contribution in [3.63, 3.8) is 0 Å². The van der Waals surface area contributed by atoms with Gasteiger partial charge < -0.3 is 9.64 Å². The van der Waals surface area contributed by atoms with Gasteiger partial charge in [0, 0.05) is 32.4 Å². The molecule has 0 amide bonds. The molecule has 0 aliphatic carbocycles. The highest BCUT2D eigenvalue weighted by molar-refractivity contribution is 5.71. The molecule has 21 heavy (non-hydrogen) atoms. The first kappa shape index (κ1) is 15.8. The Bertz CT molecular complexity index is 471. The standard InChI is InChI=1S/C16H25N3O2/c1-16(2,3)13-5-6-14(17-11-13)19-9-7-18(8-10-19)12-15(20)21-4/h5-6,11H,7-10,12H2,1-4H3. The van der Waals surface area contributed by atoms with Crippen LogP contribution in [0.2, 0.25) is 0 Å². The lowest BCUT2D eigenvalue weighted by atomic mass is 9.88. The van der Waals surface area contributed by atoms with Crippen molar-refractivity contribution in [3.8, 4) is 0 Å².